The molecule has 9 nitrogen and oxygen atoms in total. The van der Waals surface area contributed by atoms with Crippen molar-refractivity contribution >= 4 is 23.0 Å². The van der Waals surface area contributed by atoms with Crippen molar-refractivity contribution in [2.45, 2.75) is 62.6 Å². The van der Waals surface area contributed by atoms with Crippen LogP contribution in [0.4, 0.5) is 27.2 Å². The minimum absolute atomic E-state index is 0.0127. The summed E-state index contributed by atoms with van der Waals surface area (Å²) < 4.78 is 70.4. The third kappa shape index (κ3) is 6.83. The number of carbonyl (C=O) groups excluding carboxylic acids is 2. The van der Waals surface area contributed by atoms with Crippen LogP contribution in [0, 0.1) is 11.7 Å². The third-order valence-electron chi connectivity index (χ3n) is 7.10. The van der Waals surface area contributed by atoms with E-state index in [1.165, 1.54) is 7.05 Å². The van der Waals surface area contributed by atoms with Gasteiger partial charge in [-0.1, -0.05) is 6.07 Å². The van der Waals surface area contributed by atoms with Crippen molar-refractivity contribution < 1.29 is 36.1 Å². The van der Waals surface area contributed by atoms with Crippen LogP contribution < -0.4 is 20.1 Å². The number of carbonyl (C=O) groups is 2. The number of ether oxygens (including phenoxy) is 1. The zero-order valence-electron chi connectivity index (χ0n) is 20.6. The van der Waals surface area contributed by atoms with E-state index < -0.39 is 34.9 Å². The van der Waals surface area contributed by atoms with Crippen LogP contribution in [0.3, 0.4) is 0 Å². The number of piperidine rings is 1. The highest BCUT2D eigenvalue weighted by Gasteiger charge is 2.54. The van der Waals surface area contributed by atoms with Crippen molar-refractivity contribution in [2.75, 3.05) is 26.4 Å². The molecule has 1 saturated heterocycles. The molecule has 1 aromatic rings. The second kappa shape index (κ2) is 10.6. The topological polar surface area (TPSA) is 103 Å². The summed E-state index contributed by atoms with van der Waals surface area (Å²) in [5.41, 5.74) is -0.335. The summed E-state index contributed by atoms with van der Waals surface area (Å²) in [6, 6.07) is 1.73. The first kappa shape index (κ1) is 27.4. The maximum Gasteiger partial charge on any atom is 0.573 e. The van der Waals surface area contributed by atoms with Gasteiger partial charge < -0.3 is 25.2 Å². The Morgan fingerprint density at radius 2 is 1.92 bits per heavy atom. The Hall–Kier alpha value is -2.61. The number of alkyl halides is 3. The van der Waals surface area contributed by atoms with Crippen LogP contribution in [-0.4, -0.2) is 76.4 Å². The lowest BCUT2D eigenvalue weighted by Crippen LogP contribution is -2.61. The Labute approximate surface area is 214 Å². The van der Waals surface area contributed by atoms with Crippen LogP contribution in [0.5, 0.6) is 5.75 Å². The van der Waals surface area contributed by atoms with Gasteiger partial charge in [0.1, 0.15) is 11.6 Å². The van der Waals surface area contributed by atoms with E-state index in [9.17, 15) is 31.4 Å². The van der Waals surface area contributed by atoms with E-state index in [1.54, 1.807) is 16.1 Å². The molecule has 3 N–H and O–H groups in total. The average Bonchev–Trinajstić information content (AvgIpc) is 3.74. The standard InChI is InChI=1S/C23H31F4N5O4S/c1-28-20(33)31-12-15(22(7-8-22)30-37(2)35)9-17(13-31)32(16-4-5-16)21(34)29-11-14-3-6-18(10-19(14)24)36-23(25,26)27/h3,6,10,15-17,30H,4-5,7-9,11-13H2,1-2H3,(H,28,33)(H,29,34). The lowest BCUT2D eigenvalue weighted by atomic mass is 9.86. The van der Waals surface area contributed by atoms with Crippen molar-refractivity contribution in [3.05, 3.63) is 29.6 Å². The molecule has 4 rings (SSSR count). The predicted molar refractivity (Wildman–Crippen MR) is 127 cm³/mol. The summed E-state index contributed by atoms with van der Waals surface area (Å²) >= 11 is 0. The molecule has 2 saturated carbocycles. The smallest absolute Gasteiger partial charge is 0.406 e. The van der Waals surface area contributed by atoms with Crippen molar-refractivity contribution in [1.29, 1.82) is 0 Å². The van der Waals surface area contributed by atoms with Gasteiger partial charge in [-0.25, -0.2) is 22.9 Å². The maximum absolute atomic E-state index is 14.4. The number of amides is 4. The largest absolute Gasteiger partial charge is 0.573 e. The summed E-state index contributed by atoms with van der Waals surface area (Å²) in [4.78, 5) is 29.2. The molecule has 1 aromatic carbocycles. The number of likely N-dealkylation sites (tertiary alicyclic amines) is 1. The van der Waals surface area contributed by atoms with Gasteiger partial charge in [0.25, 0.3) is 0 Å². The Bertz CT molecular complexity index is 1050. The van der Waals surface area contributed by atoms with Crippen molar-refractivity contribution in [3.8, 4) is 5.75 Å². The number of hydrogen-bond donors (Lipinski definition) is 3. The fourth-order valence-corrected chi connectivity index (χ4v) is 6.07. The zero-order chi connectivity index (χ0) is 27.0. The lowest BCUT2D eigenvalue weighted by molar-refractivity contribution is -0.274. The van der Waals surface area contributed by atoms with Crippen LogP contribution in [-0.2, 0) is 17.5 Å². The van der Waals surface area contributed by atoms with Gasteiger partial charge >= 0.3 is 18.4 Å². The molecule has 2 aliphatic carbocycles. The van der Waals surface area contributed by atoms with Crippen LogP contribution in [0.25, 0.3) is 0 Å². The minimum Gasteiger partial charge on any atom is -0.406 e. The fraction of sp³-hybridized carbons (Fsp3) is 0.652. The molecule has 0 aromatic heterocycles. The van der Waals surface area contributed by atoms with Crippen LogP contribution in [0.2, 0.25) is 0 Å². The van der Waals surface area contributed by atoms with E-state index in [1.807, 2.05) is 0 Å². The highest BCUT2D eigenvalue weighted by Crippen LogP contribution is 2.47. The summed E-state index contributed by atoms with van der Waals surface area (Å²) in [5.74, 6) is -1.63. The van der Waals surface area contributed by atoms with Crippen molar-refractivity contribution in [1.82, 2.24) is 25.2 Å². The van der Waals surface area contributed by atoms with E-state index in [0.29, 0.717) is 25.6 Å². The SMILES string of the molecule is CNC(=O)N1CC(N(C(=O)NCc2ccc(OC(F)(F)F)cc2F)C2CC2)CC(C2(NS(C)=O)CC2)C1. The minimum atomic E-state index is -4.94. The van der Waals surface area contributed by atoms with Gasteiger partial charge in [-0.15, -0.1) is 13.2 Å². The molecule has 3 fully saturated rings. The number of halogens is 4. The molecular weight excluding hydrogens is 518 g/mol. The van der Waals surface area contributed by atoms with Crippen molar-refractivity contribution in [2.24, 2.45) is 5.92 Å². The van der Waals surface area contributed by atoms with Crippen LogP contribution in [0.15, 0.2) is 18.2 Å². The van der Waals surface area contributed by atoms with Gasteiger partial charge in [0, 0.05) is 56.1 Å². The summed E-state index contributed by atoms with van der Waals surface area (Å²) in [6.45, 7) is 0.567. The van der Waals surface area contributed by atoms with Gasteiger partial charge in [0.15, 0.2) is 0 Å². The van der Waals surface area contributed by atoms with E-state index in [2.05, 4.69) is 20.1 Å². The number of nitrogens with zero attached hydrogens (tertiary/aromatic N) is 2. The molecule has 3 unspecified atom stereocenters. The molecule has 1 heterocycles. The Morgan fingerprint density at radius 3 is 2.46 bits per heavy atom. The first-order valence-electron chi connectivity index (χ1n) is 12.1. The second-order valence-electron chi connectivity index (χ2n) is 9.86. The Morgan fingerprint density at radius 1 is 1.22 bits per heavy atom. The van der Waals surface area contributed by atoms with E-state index in [-0.39, 0.29) is 41.7 Å². The average molecular weight is 550 g/mol. The normalized spacial score (nSPS) is 23.7. The molecule has 1 aliphatic heterocycles. The van der Waals surface area contributed by atoms with Gasteiger partial charge in [0.2, 0.25) is 0 Å². The number of rotatable bonds is 8. The third-order valence-corrected chi connectivity index (χ3v) is 7.80. The first-order chi connectivity index (χ1) is 17.4. The highest BCUT2D eigenvalue weighted by molar-refractivity contribution is 7.82. The molecule has 0 radical (unpaired) electrons. The van der Waals surface area contributed by atoms with Gasteiger partial charge in [-0.05, 0) is 44.1 Å². The Balaban J connectivity index is 1.47. The lowest BCUT2D eigenvalue weighted by Gasteiger charge is -2.45. The van der Waals surface area contributed by atoms with Crippen LogP contribution >= 0.6 is 0 Å². The molecule has 4 amide bonds. The number of urea groups is 2. The van der Waals surface area contributed by atoms with E-state index >= 15 is 0 Å². The molecule has 3 aliphatic rings. The summed E-state index contributed by atoms with van der Waals surface area (Å²) in [5, 5.41) is 5.32. The fourth-order valence-electron chi connectivity index (χ4n) is 5.13. The first-order valence-corrected chi connectivity index (χ1v) is 13.6. The molecular formula is C23H31F4N5O4S. The van der Waals surface area contributed by atoms with Gasteiger partial charge in [-0.3, -0.25) is 0 Å². The van der Waals surface area contributed by atoms with Gasteiger partial charge in [0.05, 0.1) is 17.0 Å². The molecule has 206 valence electrons. The Kier molecular flexibility index (Phi) is 7.88. The van der Waals surface area contributed by atoms with E-state index in [0.717, 1.165) is 37.8 Å². The monoisotopic (exact) mass is 549 g/mol. The van der Waals surface area contributed by atoms with Gasteiger partial charge in [-0.2, -0.15) is 0 Å². The van der Waals surface area contributed by atoms with E-state index in [4.69, 9.17) is 0 Å². The molecule has 14 heteroatoms. The second-order valence-corrected chi connectivity index (χ2v) is 11.0. The molecule has 37 heavy (non-hydrogen) atoms. The predicted octanol–water partition coefficient (Wildman–Crippen LogP) is 2.84. The maximum atomic E-state index is 14.4. The number of nitrogens with one attached hydrogen (secondary N) is 3. The molecule has 3 atom stereocenters. The number of benzene rings is 1. The quantitative estimate of drug-likeness (QED) is 0.434. The zero-order valence-corrected chi connectivity index (χ0v) is 21.4. The highest BCUT2D eigenvalue weighted by atomic mass is 32.2. The number of hydrogen-bond acceptors (Lipinski definition) is 4. The van der Waals surface area contributed by atoms with Crippen molar-refractivity contribution in [3.63, 3.8) is 0 Å². The summed E-state index contributed by atoms with van der Waals surface area (Å²) in [7, 11) is 0.312. The summed E-state index contributed by atoms with van der Waals surface area (Å²) in [6.07, 6.45) is 0.502. The van der Waals surface area contributed by atoms with Crippen LogP contribution in [0.1, 0.15) is 37.7 Å². The molecule has 0 bridgehead atoms. The molecule has 0 spiro atoms.